The van der Waals surface area contributed by atoms with Gasteiger partial charge in [-0.1, -0.05) is 32.4 Å². The Bertz CT molecular complexity index is 912. The lowest BCUT2D eigenvalue weighted by molar-refractivity contribution is -0.0412. The van der Waals surface area contributed by atoms with Crippen molar-refractivity contribution in [1.82, 2.24) is 0 Å². The molecule has 0 saturated heterocycles. The summed E-state index contributed by atoms with van der Waals surface area (Å²) in [4.78, 5) is 0. The monoisotopic (exact) mass is 424 g/mol. The number of aromatic hydroxyl groups is 4. The molecule has 2 aliphatic carbocycles. The van der Waals surface area contributed by atoms with E-state index in [4.69, 9.17) is 10.2 Å². The summed E-state index contributed by atoms with van der Waals surface area (Å²) in [5.41, 5.74) is 2.86. The van der Waals surface area contributed by atoms with Gasteiger partial charge in [-0.3, -0.25) is 0 Å². The van der Waals surface area contributed by atoms with Crippen molar-refractivity contribution in [3.05, 3.63) is 59.7 Å². The third-order valence-electron chi connectivity index (χ3n) is 8.08. The Morgan fingerprint density at radius 2 is 1.45 bits per heavy atom. The molecule has 0 radical (unpaired) electrons. The number of phenolic OH excluding ortho intramolecular Hbond substituents is 4. The van der Waals surface area contributed by atoms with Crippen LogP contribution in [0.3, 0.4) is 0 Å². The van der Waals surface area contributed by atoms with Gasteiger partial charge in [0.2, 0.25) is 0 Å². The van der Waals surface area contributed by atoms with Crippen LogP contribution in [0.2, 0.25) is 0 Å². The molecule has 0 spiro atoms. The predicted molar refractivity (Wildman–Crippen MR) is 124 cm³/mol. The number of fused-ring (bicyclic) bond motifs is 1. The third kappa shape index (κ3) is 4.68. The zero-order valence-electron chi connectivity index (χ0n) is 19.1. The van der Waals surface area contributed by atoms with Crippen LogP contribution >= 0.6 is 0 Å². The van der Waals surface area contributed by atoms with Crippen molar-refractivity contribution in [3.8, 4) is 23.0 Å². The zero-order chi connectivity index (χ0) is 22.8. The summed E-state index contributed by atoms with van der Waals surface area (Å²) in [5, 5.41) is 37.4. The van der Waals surface area contributed by atoms with Crippen molar-refractivity contribution in [1.29, 1.82) is 0 Å². The average molecular weight is 425 g/mol. The number of rotatable bonds is 2. The minimum absolute atomic E-state index is 0.147. The van der Waals surface area contributed by atoms with E-state index in [2.05, 4.69) is 33.8 Å². The second kappa shape index (κ2) is 8.86. The van der Waals surface area contributed by atoms with E-state index in [1.165, 1.54) is 49.9 Å². The van der Waals surface area contributed by atoms with Crippen LogP contribution in [0.1, 0.15) is 58.9 Å². The predicted octanol–water partition coefficient (Wildman–Crippen LogP) is 6.54. The van der Waals surface area contributed by atoms with E-state index in [9.17, 15) is 10.2 Å². The topological polar surface area (TPSA) is 80.9 Å². The smallest absolute Gasteiger partial charge is 0.119 e. The highest BCUT2D eigenvalue weighted by Crippen LogP contribution is 2.61. The van der Waals surface area contributed by atoms with Gasteiger partial charge in [-0.05, 0) is 110 Å². The maximum Gasteiger partial charge on any atom is 0.119 e. The van der Waals surface area contributed by atoms with Crippen molar-refractivity contribution < 1.29 is 20.4 Å². The molecule has 0 aliphatic heterocycles. The molecule has 2 aliphatic rings. The third-order valence-corrected chi connectivity index (χ3v) is 8.08. The molecule has 2 aromatic rings. The summed E-state index contributed by atoms with van der Waals surface area (Å²) in [5.74, 6) is 2.14. The number of phenols is 4. The summed E-state index contributed by atoms with van der Waals surface area (Å²) in [6, 6.07) is 10.6. The van der Waals surface area contributed by atoms with Gasteiger partial charge >= 0.3 is 0 Å². The van der Waals surface area contributed by atoms with Gasteiger partial charge in [0.05, 0.1) is 0 Å². The molecule has 168 valence electrons. The highest BCUT2D eigenvalue weighted by Gasteiger charge is 2.53. The highest BCUT2D eigenvalue weighted by atomic mass is 16.3. The summed E-state index contributed by atoms with van der Waals surface area (Å²) in [6.07, 6.45) is 8.16. The first-order valence-electron chi connectivity index (χ1n) is 11.2. The van der Waals surface area contributed by atoms with E-state index in [-0.39, 0.29) is 28.1 Å². The molecule has 0 amide bonds. The first kappa shape index (κ1) is 23.1. The second-order valence-electron chi connectivity index (χ2n) is 9.89. The van der Waals surface area contributed by atoms with Crippen LogP contribution in [0.4, 0.5) is 0 Å². The number of hydrogen-bond donors (Lipinski definition) is 4. The highest BCUT2D eigenvalue weighted by molar-refractivity contribution is 5.40. The maximum absolute atomic E-state index is 10.3. The molecule has 2 aromatic carbocycles. The number of allylic oxidation sites excluding steroid dienone is 2. The van der Waals surface area contributed by atoms with Crippen LogP contribution in [-0.2, 0) is 6.42 Å². The molecule has 1 saturated carbocycles. The van der Waals surface area contributed by atoms with Crippen molar-refractivity contribution >= 4 is 0 Å². The van der Waals surface area contributed by atoms with Crippen molar-refractivity contribution in [3.63, 3.8) is 0 Å². The SMILES string of the molecule is CC1=CCC[C@H]2[C@](C)(Cc3cc(O)ccc3O)[C@@H](C)CC[C@]12C.Oc1ccc(O)cc1. The lowest BCUT2D eigenvalue weighted by Gasteiger charge is -2.58. The number of benzene rings is 2. The Morgan fingerprint density at radius 3 is 2.06 bits per heavy atom. The Kier molecular flexibility index (Phi) is 6.59. The van der Waals surface area contributed by atoms with Gasteiger partial charge in [-0.2, -0.15) is 0 Å². The standard InChI is InChI=1S/C21H30O2.C6H6O2/c1-14-6-5-7-19-20(14,3)11-10-15(2)21(19,4)13-16-12-17(22)8-9-18(16)23;7-5-1-2-6(8)4-3-5/h6,8-9,12,15,19,22-23H,5,7,10-11,13H2,1-4H3;1-4,7-8H/t15-,19+,20+,21+;/m0./s1. The van der Waals surface area contributed by atoms with Gasteiger partial charge in [0.15, 0.2) is 0 Å². The van der Waals surface area contributed by atoms with Gasteiger partial charge in [0.1, 0.15) is 23.0 Å². The van der Waals surface area contributed by atoms with Crippen LogP contribution in [0.25, 0.3) is 0 Å². The van der Waals surface area contributed by atoms with Crippen molar-refractivity contribution in [2.75, 3.05) is 0 Å². The molecule has 0 unspecified atom stereocenters. The second-order valence-corrected chi connectivity index (χ2v) is 9.89. The molecule has 0 aromatic heterocycles. The Balaban J connectivity index is 0.000000287. The van der Waals surface area contributed by atoms with Gasteiger partial charge in [-0.25, -0.2) is 0 Å². The molecule has 0 bridgehead atoms. The van der Waals surface area contributed by atoms with Gasteiger partial charge in [-0.15, -0.1) is 0 Å². The molecular weight excluding hydrogens is 388 g/mol. The van der Waals surface area contributed by atoms with Gasteiger partial charge in [0, 0.05) is 0 Å². The zero-order valence-corrected chi connectivity index (χ0v) is 19.1. The van der Waals surface area contributed by atoms with Crippen LogP contribution in [0.15, 0.2) is 54.1 Å². The van der Waals surface area contributed by atoms with E-state index < -0.39 is 0 Å². The Labute approximate surface area is 185 Å². The molecule has 4 nitrogen and oxygen atoms in total. The minimum Gasteiger partial charge on any atom is -0.508 e. The lowest BCUT2D eigenvalue weighted by atomic mass is 9.47. The Morgan fingerprint density at radius 1 is 0.871 bits per heavy atom. The quantitative estimate of drug-likeness (QED) is 0.326. The van der Waals surface area contributed by atoms with Crippen LogP contribution in [0.5, 0.6) is 23.0 Å². The molecule has 4 rings (SSSR count). The van der Waals surface area contributed by atoms with Crippen LogP contribution in [-0.4, -0.2) is 20.4 Å². The van der Waals surface area contributed by atoms with Gasteiger partial charge < -0.3 is 20.4 Å². The molecule has 4 heteroatoms. The van der Waals surface area contributed by atoms with Crippen LogP contribution < -0.4 is 0 Å². The van der Waals surface area contributed by atoms with E-state index in [0.29, 0.717) is 17.6 Å². The first-order chi connectivity index (χ1) is 14.6. The van der Waals surface area contributed by atoms with E-state index >= 15 is 0 Å². The van der Waals surface area contributed by atoms with Crippen LogP contribution in [0, 0.1) is 22.7 Å². The molecular formula is C27H36O4. The van der Waals surface area contributed by atoms with Crippen molar-refractivity contribution in [2.24, 2.45) is 22.7 Å². The van der Waals surface area contributed by atoms with E-state index in [1.54, 1.807) is 23.8 Å². The van der Waals surface area contributed by atoms with E-state index in [0.717, 1.165) is 12.0 Å². The average Bonchev–Trinajstić information content (AvgIpc) is 2.73. The lowest BCUT2D eigenvalue weighted by Crippen LogP contribution is -2.50. The summed E-state index contributed by atoms with van der Waals surface area (Å²) in [7, 11) is 0. The Hall–Kier alpha value is -2.62. The molecule has 4 atom stereocenters. The molecule has 1 fully saturated rings. The summed E-state index contributed by atoms with van der Waals surface area (Å²) < 4.78 is 0. The first-order valence-corrected chi connectivity index (χ1v) is 11.2. The fraction of sp³-hybridized carbons (Fsp3) is 0.481. The minimum atomic E-state index is 0.147. The maximum atomic E-state index is 10.3. The molecule has 4 N–H and O–H groups in total. The fourth-order valence-corrected chi connectivity index (χ4v) is 5.79. The largest absolute Gasteiger partial charge is 0.508 e. The molecule has 0 heterocycles. The summed E-state index contributed by atoms with van der Waals surface area (Å²) in [6.45, 7) is 9.51. The van der Waals surface area contributed by atoms with Crippen molar-refractivity contribution in [2.45, 2.75) is 59.8 Å². The van der Waals surface area contributed by atoms with E-state index in [1.807, 2.05) is 0 Å². The number of hydrogen-bond acceptors (Lipinski definition) is 4. The normalized spacial score (nSPS) is 29.9. The summed E-state index contributed by atoms with van der Waals surface area (Å²) >= 11 is 0. The fourth-order valence-electron chi connectivity index (χ4n) is 5.79. The van der Waals surface area contributed by atoms with Gasteiger partial charge in [0.25, 0.3) is 0 Å². The molecule has 31 heavy (non-hydrogen) atoms.